The molecular weight excluding hydrogens is 488 g/mol. The van der Waals surface area contributed by atoms with Crippen molar-refractivity contribution in [2.45, 2.75) is 11.4 Å². The summed E-state index contributed by atoms with van der Waals surface area (Å²) in [5.41, 5.74) is 1.88. The van der Waals surface area contributed by atoms with E-state index in [9.17, 15) is 13.2 Å². The first-order chi connectivity index (χ1) is 16.8. The van der Waals surface area contributed by atoms with Gasteiger partial charge in [-0.15, -0.1) is 0 Å². The van der Waals surface area contributed by atoms with Crippen molar-refractivity contribution in [1.82, 2.24) is 14.3 Å². The van der Waals surface area contributed by atoms with Crippen LogP contribution < -0.4 is 14.4 Å². The van der Waals surface area contributed by atoms with Gasteiger partial charge in [-0.1, -0.05) is 17.4 Å². The molecular formula is C24H22N4O5S2. The monoisotopic (exact) mass is 510 g/mol. The highest BCUT2D eigenvalue weighted by atomic mass is 32.2. The van der Waals surface area contributed by atoms with Crippen LogP contribution in [-0.4, -0.2) is 55.9 Å². The molecule has 0 bridgehead atoms. The summed E-state index contributed by atoms with van der Waals surface area (Å²) in [5.74, 6) is 0.976. The highest BCUT2D eigenvalue weighted by molar-refractivity contribution is 7.89. The molecule has 0 radical (unpaired) electrons. The van der Waals surface area contributed by atoms with Gasteiger partial charge in [0.15, 0.2) is 16.6 Å². The maximum atomic E-state index is 13.6. The first-order valence-electron chi connectivity index (χ1n) is 10.8. The summed E-state index contributed by atoms with van der Waals surface area (Å²) in [6.07, 6.45) is 3.36. The molecule has 1 aliphatic heterocycles. The number of amides is 1. The molecule has 0 aliphatic carbocycles. The molecule has 0 fully saturated rings. The first kappa shape index (κ1) is 23.2. The number of carbonyl (C=O) groups is 1. The van der Waals surface area contributed by atoms with Crippen molar-refractivity contribution in [3.8, 4) is 11.5 Å². The number of benzene rings is 2. The number of thiazole rings is 1. The van der Waals surface area contributed by atoms with Gasteiger partial charge in [-0.25, -0.2) is 17.7 Å². The molecule has 0 unspecified atom stereocenters. The molecule has 9 nitrogen and oxygen atoms in total. The minimum absolute atomic E-state index is 0.114. The summed E-state index contributed by atoms with van der Waals surface area (Å²) in [6.45, 7) is 1.20. The second-order valence-electron chi connectivity index (χ2n) is 8.02. The summed E-state index contributed by atoms with van der Waals surface area (Å²) in [4.78, 5) is 24.2. The van der Waals surface area contributed by atoms with Crippen molar-refractivity contribution in [1.29, 1.82) is 0 Å². The first-order valence-corrected chi connectivity index (χ1v) is 13.0. The summed E-state index contributed by atoms with van der Waals surface area (Å²) in [7, 11) is -0.673. The lowest BCUT2D eigenvalue weighted by atomic mass is 10.2. The number of aromatic nitrogens is 2. The predicted molar refractivity (Wildman–Crippen MR) is 133 cm³/mol. The predicted octanol–water partition coefficient (Wildman–Crippen LogP) is 3.56. The fourth-order valence-electron chi connectivity index (χ4n) is 3.60. The molecule has 2 aromatic heterocycles. The number of fused-ring (bicyclic) bond motifs is 2. The Morgan fingerprint density at radius 1 is 1.06 bits per heavy atom. The molecule has 0 N–H and O–H groups in total. The summed E-state index contributed by atoms with van der Waals surface area (Å²) in [6, 6.07) is 13.3. The minimum atomic E-state index is -3.60. The van der Waals surface area contributed by atoms with Gasteiger partial charge in [-0.05, 0) is 35.9 Å². The Balaban J connectivity index is 1.53. The fraction of sp³-hybridized carbons (Fsp3) is 0.208. The van der Waals surface area contributed by atoms with Crippen LogP contribution in [0.15, 0.2) is 65.8 Å². The summed E-state index contributed by atoms with van der Waals surface area (Å²) >= 11 is 1.37. The van der Waals surface area contributed by atoms with Gasteiger partial charge in [-0.3, -0.25) is 14.7 Å². The molecule has 11 heteroatoms. The second kappa shape index (κ2) is 9.25. The Bertz CT molecular complexity index is 1440. The normalized spacial score (nSPS) is 13.2. The summed E-state index contributed by atoms with van der Waals surface area (Å²) in [5, 5.41) is 0.501. The van der Waals surface area contributed by atoms with Gasteiger partial charge in [0.05, 0.1) is 21.7 Å². The Morgan fingerprint density at radius 2 is 1.77 bits per heavy atom. The van der Waals surface area contributed by atoms with Crippen LogP contribution in [0.3, 0.4) is 0 Å². The molecule has 1 aliphatic rings. The fourth-order valence-corrected chi connectivity index (χ4v) is 5.48. The van der Waals surface area contributed by atoms with Crippen LogP contribution in [0.5, 0.6) is 11.5 Å². The van der Waals surface area contributed by atoms with E-state index in [1.165, 1.54) is 49.7 Å². The van der Waals surface area contributed by atoms with Gasteiger partial charge >= 0.3 is 0 Å². The van der Waals surface area contributed by atoms with Gasteiger partial charge in [-0.2, -0.15) is 0 Å². The van der Waals surface area contributed by atoms with Crippen LogP contribution >= 0.6 is 11.3 Å². The Hall–Kier alpha value is -3.54. The average molecular weight is 511 g/mol. The highest BCUT2D eigenvalue weighted by Gasteiger charge is 2.24. The number of sulfonamides is 1. The number of hydrogen-bond acceptors (Lipinski definition) is 8. The molecule has 35 heavy (non-hydrogen) atoms. The number of hydrogen-bond donors (Lipinski definition) is 0. The molecule has 0 spiro atoms. The largest absolute Gasteiger partial charge is 0.486 e. The van der Waals surface area contributed by atoms with Crippen molar-refractivity contribution < 1.29 is 22.7 Å². The SMILES string of the molecule is CN(C)S(=O)(=O)c1ccc(C(=O)N(Cc2cccnc2)c2nc3cc4c(cc3s2)OCCO4)cc1. The lowest BCUT2D eigenvalue weighted by Gasteiger charge is -2.20. The molecule has 180 valence electrons. The van der Waals surface area contributed by atoms with Crippen LogP contribution in [0, 0.1) is 0 Å². The molecule has 1 amide bonds. The molecule has 0 atom stereocenters. The topological polar surface area (TPSA) is 102 Å². The molecule has 2 aromatic carbocycles. The number of anilines is 1. The van der Waals surface area contributed by atoms with Crippen molar-refractivity contribution in [3.05, 3.63) is 72.1 Å². The van der Waals surface area contributed by atoms with E-state index in [2.05, 4.69) is 4.98 Å². The lowest BCUT2D eigenvalue weighted by molar-refractivity contribution is 0.0985. The van der Waals surface area contributed by atoms with E-state index in [1.807, 2.05) is 18.2 Å². The van der Waals surface area contributed by atoms with E-state index in [1.54, 1.807) is 23.4 Å². The maximum absolute atomic E-state index is 13.6. The number of ether oxygens (including phenoxy) is 2. The molecule has 0 saturated heterocycles. The highest BCUT2D eigenvalue weighted by Crippen LogP contribution is 2.39. The van der Waals surface area contributed by atoms with Crippen LogP contribution in [-0.2, 0) is 16.6 Å². The van der Waals surface area contributed by atoms with Crippen molar-refractivity contribution in [3.63, 3.8) is 0 Å². The van der Waals surface area contributed by atoms with E-state index >= 15 is 0 Å². The van der Waals surface area contributed by atoms with Crippen LogP contribution in [0.4, 0.5) is 5.13 Å². The third kappa shape index (κ3) is 4.57. The lowest BCUT2D eigenvalue weighted by Crippen LogP contribution is -2.30. The van der Waals surface area contributed by atoms with Crippen molar-refractivity contribution >= 4 is 42.6 Å². The third-order valence-corrected chi connectivity index (χ3v) is 8.33. The van der Waals surface area contributed by atoms with E-state index in [-0.39, 0.29) is 17.3 Å². The van der Waals surface area contributed by atoms with Crippen molar-refractivity contribution in [2.75, 3.05) is 32.2 Å². The van der Waals surface area contributed by atoms with Crippen LogP contribution in [0.25, 0.3) is 10.2 Å². The molecule has 0 saturated carbocycles. The zero-order valence-electron chi connectivity index (χ0n) is 19.0. The quantitative estimate of drug-likeness (QED) is 0.391. The molecule has 4 aromatic rings. The second-order valence-corrected chi connectivity index (χ2v) is 11.2. The molecule has 5 rings (SSSR count). The number of carbonyl (C=O) groups excluding carboxylic acids is 1. The third-order valence-electron chi connectivity index (χ3n) is 5.46. The van der Waals surface area contributed by atoms with Crippen molar-refractivity contribution in [2.24, 2.45) is 0 Å². The number of pyridine rings is 1. The minimum Gasteiger partial charge on any atom is -0.486 e. The van der Waals surface area contributed by atoms with E-state index in [0.717, 1.165) is 14.6 Å². The van der Waals surface area contributed by atoms with Gasteiger partial charge in [0.1, 0.15) is 13.2 Å². The maximum Gasteiger partial charge on any atom is 0.260 e. The zero-order chi connectivity index (χ0) is 24.6. The van der Waals surface area contributed by atoms with E-state index in [4.69, 9.17) is 14.5 Å². The average Bonchev–Trinajstić information content (AvgIpc) is 3.28. The van der Waals surface area contributed by atoms with Gasteiger partial charge in [0.2, 0.25) is 10.0 Å². The smallest absolute Gasteiger partial charge is 0.260 e. The van der Waals surface area contributed by atoms with Gasteiger partial charge in [0, 0.05) is 44.2 Å². The number of nitrogens with zero attached hydrogens (tertiary/aromatic N) is 4. The van der Waals surface area contributed by atoms with E-state index in [0.29, 0.717) is 40.9 Å². The Morgan fingerprint density at radius 3 is 2.43 bits per heavy atom. The van der Waals surface area contributed by atoms with Crippen LogP contribution in [0.1, 0.15) is 15.9 Å². The number of rotatable bonds is 6. The standard InChI is InChI=1S/C24H22N4O5S2/c1-27(2)35(30,31)18-7-5-17(6-8-18)23(29)28(15-16-4-3-9-25-14-16)24-26-19-12-20-21(13-22(19)34-24)33-11-10-32-20/h3-9,12-14H,10-11,15H2,1-2H3. The van der Waals surface area contributed by atoms with Gasteiger partial charge < -0.3 is 9.47 Å². The molecule has 3 heterocycles. The Labute approximate surface area is 206 Å². The van der Waals surface area contributed by atoms with Crippen LogP contribution in [0.2, 0.25) is 0 Å². The Kier molecular flexibility index (Phi) is 6.13. The van der Waals surface area contributed by atoms with E-state index < -0.39 is 10.0 Å². The zero-order valence-corrected chi connectivity index (χ0v) is 20.7. The summed E-state index contributed by atoms with van der Waals surface area (Å²) < 4.78 is 38.2. The van der Waals surface area contributed by atoms with Gasteiger partial charge in [0.25, 0.3) is 5.91 Å².